The molecule has 0 aliphatic rings. The second kappa shape index (κ2) is 14.1. The number of aromatic nitrogens is 3. The van der Waals surface area contributed by atoms with Crippen LogP contribution in [0.5, 0.6) is 0 Å². The van der Waals surface area contributed by atoms with Crippen molar-refractivity contribution in [2.45, 2.75) is 94.0 Å². The van der Waals surface area contributed by atoms with Crippen molar-refractivity contribution in [3.05, 3.63) is 88.9 Å². The van der Waals surface area contributed by atoms with Gasteiger partial charge in [0, 0.05) is 48.1 Å². The number of nitriles is 1. The van der Waals surface area contributed by atoms with Gasteiger partial charge in [0.2, 0.25) is 0 Å². The summed E-state index contributed by atoms with van der Waals surface area (Å²) in [6.45, 7) is 19.1. The lowest BCUT2D eigenvalue weighted by Gasteiger charge is -2.36. The Kier molecular flexibility index (Phi) is 10.8. The van der Waals surface area contributed by atoms with Gasteiger partial charge in [-0.1, -0.05) is 37.3 Å². The molecule has 1 N–H and O–H groups in total. The van der Waals surface area contributed by atoms with Crippen molar-refractivity contribution in [1.82, 2.24) is 18.2 Å². The second-order valence-corrected chi connectivity index (χ2v) is 25.3. The fourth-order valence-corrected chi connectivity index (χ4v) is 9.81. The first-order valence-electron chi connectivity index (χ1n) is 16.5. The third-order valence-corrected chi connectivity index (χ3v) is 14.6. The number of benzene rings is 3. The van der Waals surface area contributed by atoms with E-state index in [1.54, 1.807) is 42.6 Å². The Labute approximate surface area is 304 Å². The zero-order valence-electron chi connectivity index (χ0n) is 30.5. The van der Waals surface area contributed by atoms with E-state index in [1.807, 2.05) is 70.6 Å². The Bertz CT molecular complexity index is 2190. The lowest BCUT2D eigenvalue weighted by Crippen LogP contribution is -2.52. The van der Waals surface area contributed by atoms with Crippen LogP contribution in [-0.4, -0.2) is 52.2 Å². The van der Waals surface area contributed by atoms with Crippen molar-refractivity contribution in [2.24, 2.45) is 0 Å². The molecule has 2 atom stereocenters. The number of nitrogens with zero attached hydrogens (tertiary/aromatic N) is 4. The molecule has 0 bridgehead atoms. The highest BCUT2D eigenvalue weighted by Gasteiger charge is 2.45. The van der Waals surface area contributed by atoms with Gasteiger partial charge < -0.3 is 13.9 Å². The first-order chi connectivity index (χ1) is 23.3. The summed E-state index contributed by atoms with van der Waals surface area (Å²) in [4.78, 5) is 6.24. The summed E-state index contributed by atoms with van der Waals surface area (Å²) >= 11 is -0.0549. The largest absolute Gasteiger partial charge is 0.598 e. The summed E-state index contributed by atoms with van der Waals surface area (Å²) in [7, 11) is -5.34. The van der Waals surface area contributed by atoms with Crippen molar-refractivity contribution in [1.29, 1.82) is 5.26 Å². The quantitative estimate of drug-likeness (QED) is 0.0588. The van der Waals surface area contributed by atoms with Crippen molar-refractivity contribution in [2.75, 3.05) is 12.9 Å². The number of ether oxygens (including phenoxy) is 1. The number of thioether (sulfide) groups is 1. The van der Waals surface area contributed by atoms with E-state index in [0.29, 0.717) is 34.4 Å². The molecule has 5 rings (SSSR count). The van der Waals surface area contributed by atoms with Gasteiger partial charge in [0.25, 0.3) is 10.0 Å². The summed E-state index contributed by atoms with van der Waals surface area (Å²) in [5.74, 6) is 0.544. The van der Waals surface area contributed by atoms with Gasteiger partial charge in [0.05, 0.1) is 33.1 Å². The summed E-state index contributed by atoms with van der Waals surface area (Å²) in [6.07, 6.45) is 3.58. The number of imidazole rings is 1. The normalized spacial score (nSPS) is 14.6. The number of hydrogen-bond donors (Lipinski definition) is 1. The number of fused-ring (bicyclic) bond motifs is 2. The zero-order valence-corrected chi connectivity index (χ0v) is 34.0. The molecule has 50 heavy (non-hydrogen) atoms. The van der Waals surface area contributed by atoms with Crippen LogP contribution in [0.2, 0.25) is 25.7 Å². The maximum absolute atomic E-state index is 14.2. The molecular weight excluding hydrogens is 703 g/mol. The van der Waals surface area contributed by atoms with E-state index < -0.39 is 39.7 Å². The van der Waals surface area contributed by atoms with Gasteiger partial charge in [-0.2, -0.15) is 5.26 Å². The maximum atomic E-state index is 14.2. The average Bonchev–Trinajstić information content (AvgIpc) is 3.65. The summed E-state index contributed by atoms with van der Waals surface area (Å²) in [5.41, 5.74) is 3.68. The van der Waals surface area contributed by atoms with Crippen molar-refractivity contribution < 1.29 is 17.7 Å². The van der Waals surface area contributed by atoms with Crippen LogP contribution in [0.25, 0.3) is 21.9 Å². The minimum atomic E-state index is -3.96. The molecule has 0 aliphatic heterocycles. The number of aryl methyl sites for hydroxylation is 2. The highest BCUT2D eigenvalue weighted by atomic mass is 32.2. The van der Waals surface area contributed by atoms with E-state index in [-0.39, 0.29) is 11.6 Å². The first kappa shape index (κ1) is 38.1. The van der Waals surface area contributed by atoms with Gasteiger partial charge in [0.1, 0.15) is 22.8 Å². The van der Waals surface area contributed by atoms with Crippen LogP contribution in [0.4, 0.5) is 0 Å². The van der Waals surface area contributed by atoms with Gasteiger partial charge in [-0.25, -0.2) is 17.4 Å². The average molecular weight is 750 g/mol. The van der Waals surface area contributed by atoms with E-state index in [0.717, 1.165) is 33.1 Å². The van der Waals surface area contributed by atoms with Gasteiger partial charge in [-0.15, -0.1) is 16.5 Å². The van der Waals surface area contributed by atoms with E-state index in [4.69, 9.17) is 9.72 Å². The van der Waals surface area contributed by atoms with Gasteiger partial charge in [0.15, 0.2) is 0 Å². The standard InChI is InChI=1S/C37H47N5O4S3Si/c1-25-11-14-28(15-12-25)49(44,45)42-18-17-29-33(32(47-7)21-26(2)34(29)42)37(6,40-48(43)36(3,4)5)35-39-30-16-13-27(23-38)22-31(30)41(35)24-46-19-20-50(8,9)10/h11-18,21-22,40H,19-20,24H2,1-10H3. The third kappa shape index (κ3) is 7.43. The summed E-state index contributed by atoms with van der Waals surface area (Å²) in [5, 5.41) is 10.5. The zero-order chi connectivity index (χ0) is 36.8. The van der Waals surface area contributed by atoms with Crippen LogP contribution in [0, 0.1) is 25.2 Å². The van der Waals surface area contributed by atoms with Crippen molar-refractivity contribution in [3.63, 3.8) is 0 Å². The topological polar surface area (TPSA) is 125 Å². The Balaban J connectivity index is 1.83. The van der Waals surface area contributed by atoms with Crippen LogP contribution < -0.4 is 4.72 Å². The van der Waals surface area contributed by atoms with Crippen molar-refractivity contribution in [3.8, 4) is 6.07 Å². The fourth-order valence-electron chi connectivity index (χ4n) is 5.96. The molecular formula is C37H47N5O4S3Si. The molecule has 5 aromatic rings. The second-order valence-electron chi connectivity index (χ2n) is 15.1. The highest BCUT2D eigenvalue weighted by Crippen LogP contribution is 2.44. The third-order valence-electron chi connectivity index (χ3n) is 8.78. The molecule has 0 amide bonds. The molecule has 0 saturated carbocycles. The minimum Gasteiger partial charge on any atom is -0.598 e. The Morgan fingerprint density at radius 3 is 2.34 bits per heavy atom. The maximum Gasteiger partial charge on any atom is 0.268 e. The molecule has 0 spiro atoms. The summed E-state index contributed by atoms with van der Waals surface area (Å²) in [6, 6.07) is 19.2. The smallest absolute Gasteiger partial charge is 0.268 e. The molecule has 0 fully saturated rings. The molecule has 266 valence electrons. The molecule has 2 aromatic heterocycles. The number of nitrogens with one attached hydrogen (secondary N) is 1. The monoisotopic (exact) mass is 749 g/mol. The minimum absolute atomic E-state index is 0.164. The lowest BCUT2D eigenvalue weighted by atomic mass is 9.88. The summed E-state index contributed by atoms with van der Waals surface area (Å²) < 4.78 is 55.0. The van der Waals surface area contributed by atoms with Crippen LogP contribution in [0.3, 0.4) is 0 Å². The first-order valence-corrected chi connectivity index (χ1v) is 24.0. The van der Waals surface area contributed by atoms with Gasteiger partial charge in [-0.05, 0) is 102 Å². The molecule has 3 aromatic carbocycles. The van der Waals surface area contributed by atoms with E-state index in [9.17, 15) is 18.2 Å². The molecule has 2 heterocycles. The fraction of sp³-hybridized carbons (Fsp3) is 0.405. The van der Waals surface area contributed by atoms with Crippen LogP contribution in [0.15, 0.2) is 70.6 Å². The Morgan fingerprint density at radius 2 is 1.74 bits per heavy atom. The molecule has 0 saturated heterocycles. The molecule has 0 radical (unpaired) electrons. The molecule has 9 nitrogen and oxygen atoms in total. The highest BCUT2D eigenvalue weighted by molar-refractivity contribution is 7.98. The van der Waals surface area contributed by atoms with E-state index in [2.05, 4.69) is 30.4 Å². The lowest BCUT2D eigenvalue weighted by molar-refractivity contribution is 0.0856. The Morgan fingerprint density at radius 1 is 1.06 bits per heavy atom. The molecule has 13 heteroatoms. The molecule has 0 aliphatic carbocycles. The molecule has 2 unspecified atom stereocenters. The predicted molar refractivity (Wildman–Crippen MR) is 208 cm³/mol. The number of rotatable bonds is 12. The van der Waals surface area contributed by atoms with Crippen molar-refractivity contribution >= 4 is 63.2 Å². The number of hydrogen-bond acceptors (Lipinski definition) is 8. The van der Waals surface area contributed by atoms with Crippen LogP contribution in [-0.2, 0) is 38.4 Å². The van der Waals surface area contributed by atoms with Gasteiger partial charge >= 0.3 is 0 Å². The SMILES string of the molecule is CSc1cc(C)c2c(ccn2S(=O)(=O)c2ccc(C)cc2)c1C(C)(N[S+]([O-])C(C)(C)C)c1nc2ccc(C#N)cc2n1COCC[Si](C)(C)C. The Hall–Kier alpha value is -3.09. The van der Waals surface area contributed by atoms with Crippen LogP contribution >= 0.6 is 11.8 Å². The van der Waals surface area contributed by atoms with Gasteiger partial charge in [-0.3, -0.25) is 0 Å². The van der Waals surface area contributed by atoms with Crippen LogP contribution in [0.1, 0.15) is 55.8 Å². The van der Waals surface area contributed by atoms with E-state index in [1.165, 1.54) is 15.7 Å². The predicted octanol–water partition coefficient (Wildman–Crippen LogP) is 8.07. The van der Waals surface area contributed by atoms with E-state index >= 15 is 0 Å².